The van der Waals surface area contributed by atoms with Crippen molar-refractivity contribution in [2.24, 2.45) is 5.92 Å². The summed E-state index contributed by atoms with van der Waals surface area (Å²) in [6.07, 6.45) is -6.67. The number of rotatable bonds is 4. The van der Waals surface area contributed by atoms with E-state index in [-0.39, 0.29) is 11.6 Å². The molecule has 1 aromatic carbocycles. The average molecular weight is 294 g/mol. The van der Waals surface area contributed by atoms with E-state index in [0.29, 0.717) is 12.6 Å². The fraction of sp³-hybridized carbons (Fsp3) is 0.538. The molecule has 1 aromatic rings. The maximum Gasteiger partial charge on any atom is 0.418 e. The first-order valence-corrected chi connectivity index (χ1v) is 6.32. The molecule has 1 heterocycles. The molecule has 2 rings (SSSR count). The van der Waals surface area contributed by atoms with Gasteiger partial charge < -0.3 is 10.6 Å². The van der Waals surface area contributed by atoms with Crippen molar-refractivity contribution in [2.75, 3.05) is 25.0 Å². The van der Waals surface area contributed by atoms with Crippen LogP contribution in [-0.4, -0.2) is 19.6 Å². The van der Waals surface area contributed by atoms with Crippen LogP contribution < -0.4 is 10.6 Å². The van der Waals surface area contributed by atoms with Crippen molar-refractivity contribution in [2.45, 2.75) is 19.0 Å². The predicted octanol–water partition coefficient (Wildman–Crippen LogP) is 3.66. The van der Waals surface area contributed by atoms with E-state index in [1.165, 1.54) is 0 Å². The van der Waals surface area contributed by atoms with E-state index in [4.69, 9.17) is 0 Å². The molecular formula is C13H15F5N2. The van der Waals surface area contributed by atoms with Crippen LogP contribution in [0.5, 0.6) is 0 Å². The fourth-order valence-corrected chi connectivity index (χ4v) is 2.23. The molecule has 0 bridgehead atoms. The molecule has 1 saturated heterocycles. The Morgan fingerprint density at radius 1 is 1.30 bits per heavy atom. The van der Waals surface area contributed by atoms with Crippen LogP contribution in [0, 0.1) is 5.92 Å². The zero-order valence-electron chi connectivity index (χ0n) is 10.6. The second-order valence-electron chi connectivity index (χ2n) is 4.84. The number of halogens is 5. The van der Waals surface area contributed by atoms with Gasteiger partial charge in [0.05, 0.1) is 5.56 Å². The molecule has 1 aliphatic rings. The van der Waals surface area contributed by atoms with Gasteiger partial charge in [0, 0.05) is 17.8 Å². The molecule has 1 fully saturated rings. The van der Waals surface area contributed by atoms with Crippen LogP contribution in [0.1, 0.15) is 24.0 Å². The summed E-state index contributed by atoms with van der Waals surface area (Å²) in [5.74, 6) is 0.255. The lowest BCUT2D eigenvalue weighted by Crippen LogP contribution is -2.19. The minimum Gasteiger partial charge on any atom is -0.384 e. The Kier molecular flexibility index (Phi) is 4.47. The van der Waals surface area contributed by atoms with Gasteiger partial charge in [-0.15, -0.1) is 0 Å². The van der Waals surface area contributed by atoms with Crippen molar-refractivity contribution in [3.63, 3.8) is 0 Å². The Morgan fingerprint density at radius 3 is 2.60 bits per heavy atom. The van der Waals surface area contributed by atoms with Gasteiger partial charge >= 0.3 is 6.18 Å². The van der Waals surface area contributed by atoms with Gasteiger partial charge in [0.25, 0.3) is 6.43 Å². The first kappa shape index (κ1) is 15.0. The smallest absolute Gasteiger partial charge is 0.384 e. The monoisotopic (exact) mass is 294 g/mol. The zero-order valence-corrected chi connectivity index (χ0v) is 10.6. The molecule has 0 amide bonds. The first-order valence-electron chi connectivity index (χ1n) is 6.32. The second-order valence-corrected chi connectivity index (χ2v) is 4.84. The molecule has 7 heteroatoms. The second kappa shape index (κ2) is 5.95. The highest BCUT2D eigenvalue weighted by Gasteiger charge is 2.34. The summed E-state index contributed by atoms with van der Waals surface area (Å²) in [6.45, 7) is 2.00. The van der Waals surface area contributed by atoms with Crippen molar-refractivity contribution < 1.29 is 22.0 Å². The molecule has 0 saturated carbocycles. The molecule has 1 aliphatic heterocycles. The standard InChI is InChI=1S/C13H15F5N2/c14-12(15)9-1-2-11(10(5-9)13(16,17)18)20-7-8-3-4-19-6-8/h1-2,5,8,12,19-20H,3-4,6-7H2. The Labute approximate surface area is 113 Å². The third kappa shape index (κ3) is 3.59. The van der Waals surface area contributed by atoms with Gasteiger partial charge in [-0.05, 0) is 37.6 Å². The summed E-state index contributed by atoms with van der Waals surface area (Å²) in [5.41, 5.74) is -1.81. The van der Waals surface area contributed by atoms with E-state index in [1.807, 2.05) is 0 Å². The highest BCUT2D eigenvalue weighted by atomic mass is 19.4. The van der Waals surface area contributed by atoms with E-state index in [2.05, 4.69) is 10.6 Å². The lowest BCUT2D eigenvalue weighted by atomic mass is 10.1. The van der Waals surface area contributed by atoms with Crippen LogP contribution in [0.4, 0.5) is 27.6 Å². The van der Waals surface area contributed by atoms with E-state index in [9.17, 15) is 22.0 Å². The van der Waals surface area contributed by atoms with Gasteiger partial charge in [-0.25, -0.2) is 8.78 Å². The maximum absolute atomic E-state index is 12.9. The minimum atomic E-state index is -4.65. The van der Waals surface area contributed by atoms with Crippen molar-refractivity contribution in [3.8, 4) is 0 Å². The van der Waals surface area contributed by atoms with Crippen LogP contribution in [0.3, 0.4) is 0 Å². The number of anilines is 1. The third-order valence-electron chi connectivity index (χ3n) is 3.34. The largest absolute Gasteiger partial charge is 0.418 e. The Morgan fingerprint density at radius 2 is 2.05 bits per heavy atom. The quantitative estimate of drug-likeness (QED) is 0.828. The molecule has 0 aromatic heterocycles. The number of alkyl halides is 5. The highest BCUT2D eigenvalue weighted by molar-refractivity contribution is 5.54. The first-order chi connectivity index (χ1) is 9.38. The molecule has 0 radical (unpaired) electrons. The minimum absolute atomic E-state index is 0.145. The van der Waals surface area contributed by atoms with Gasteiger partial charge in [-0.3, -0.25) is 0 Å². The summed E-state index contributed by atoms with van der Waals surface area (Å²) in [7, 11) is 0. The summed E-state index contributed by atoms with van der Waals surface area (Å²) >= 11 is 0. The van der Waals surface area contributed by atoms with Crippen LogP contribution in [0.2, 0.25) is 0 Å². The third-order valence-corrected chi connectivity index (χ3v) is 3.34. The zero-order chi connectivity index (χ0) is 14.8. The van der Waals surface area contributed by atoms with E-state index >= 15 is 0 Å². The van der Waals surface area contributed by atoms with Gasteiger partial charge in [-0.1, -0.05) is 6.07 Å². The molecule has 0 aliphatic carbocycles. The molecule has 1 atom stereocenters. The summed E-state index contributed by atoms with van der Waals surface area (Å²) in [6, 6.07) is 2.61. The van der Waals surface area contributed by atoms with Gasteiger partial charge in [0.2, 0.25) is 0 Å². The molecule has 2 nitrogen and oxygen atoms in total. The number of hydrogen-bond donors (Lipinski definition) is 2. The van der Waals surface area contributed by atoms with Crippen molar-refractivity contribution >= 4 is 5.69 Å². The molecule has 112 valence electrons. The SMILES string of the molecule is FC(F)c1ccc(NCC2CCNC2)c(C(F)(F)F)c1. The van der Waals surface area contributed by atoms with Gasteiger partial charge in [-0.2, -0.15) is 13.2 Å². The lowest BCUT2D eigenvalue weighted by molar-refractivity contribution is -0.137. The Bertz CT molecular complexity index is 453. The highest BCUT2D eigenvalue weighted by Crippen LogP contribution is 2.37. The van der Waals surface area contributed by atoms with Crippen molar-refractivity contribution in [1.29, 1.82) is 0 Å². The predicted molar refractivity (Wildman–Crippen MR) is 65.9 cm³/mol. The van der Waals surface area contributed by atoms with Crippen LogP contribution in [0.15, 0.2) is 18.2 Å². The van der Waals surface area contributed by atoms with E-state index in [1.54, 1.807) is 0 Å². The van der Waals surface area contributed by atoms with Crippen LogP contribution in [-0.2, 0) is 6.18 Å². The molecule has 0 spiro atoms. The maximum atomic E-state index is 12.9. The molecular weight excluding hydrogens is 279 g/mol. The lowest BCUT2D eigenvalue weighted by Gasteiger charge is -2.17. The molecule has 20 heavy (non-hydrogen) atoms. The number of benzene rings is 1. The summed E-state index contributed by atoms with van der Waals surface area (Å²) in [5, 5.41) is 5.84. The van der Waals surface area contributed by atoms with E-state index < -0.39 is 23.7 Å². The van der Waals surface area contributed by atoms with Crippen molar-refractivity contribution in [1.82, 2.24) is 5.32 Å². The van der Waals surface area contributed by atoms with Crippen LogP contribution in [0.25, 0.3) is 0 Å². The Hall–Kier alpha value is -1.37. The van der Waals surface area contributed by atoms with Gasteiger partial charge in [0.1, 0.15) is 0 Å². The fourth-order valence-electron chi connectivity index (χ4n) is 2.23. The summed E-state index contributed by atoms with van der Waals surface area (Å²) < 4.78 is 63.7. The topological polar surface area (TPSA) is 24.1 Å². The van der Waals surface area contributed by atoms with Crippen LogP contribution >= 0.6 is 0 Å². The summed E-state index contributed by atoms with van der Waals surface area (Å²) in [4.78, 5) is 0. The van der Waals surface area contributed by atoms with E-state index in [0.717, 1.165) is 31.6 Å². The average Bonchev–Trinajstić information content (AvgIpc) is 2.88. The number of nitrogens with one attached hydrogen (secondary N) is 2. The number of hydrogen-bond acceptors (Lipinski definition) is 2. The van der Waals surface area contributed by atoms with Crippen molar-refractivity contribution in [3.05, 3.63) is 29.3 Å². The molecule has 1 unspecified atom stereocenters. The normalized spacial score (nSPS) is 19.6. The Balaban J connectivity index is 2.17. The molecule has 2 N–H and O–H groups in total. The van der Waals surface area contributed by atoms with Gasteiger partial charge in [0.15, 0.2) is 0 Å².